The smallest absolute Gasteiger partial charge is 0.105 e. The molecule has 1 nitrogen and oxygen atoms in total. The minimum absolute atomic E-state index is 0.802. The second-order valence-electron chi connectivity index (χ2n) is 3.17. The van der Waals surface area contributed by atoms with Crippen molar-refractivity contribution in [3.05, 3.63) is 47.6 Å². The van der Waals surface area contributed by atoms with Crippen LogP contribution in [0.2, 0.25) is 0 Å². The van der Waals surface area contributed by atoms with Crippen molar-refractivity contribution in [3.8, 4) is 0 Å². The zero-order chi connectivity index (χ0) is 9.10. The molecular formula is C12H13O. The van der Waals surface area contributed by atoms with E-state index in [1.165, 1.54) is 11.1 Å². The second kappa shape index (κ2) is 3.65. The summed E-state index contributed by atoms with van der Waals surface area (Å²) in [5.74, 6) is 0.989. The van der Waals surface area contributed by atoms with E-state index in [-0.39, 0.29) is 0 Å². The Bertz CT molecular complexity index is 326. The zero-order valence-corrected chi connectivity index (χ0v) is 7.79. The van der Waals surface area contributed by atoms with Crippen LogP contribution in [-0.2, 0) is 4.74 Å². The summed E-state index contributed by atoms with van der Waals surface area (Å²) >= 11 is 0. The van der Waals surface area contributed by atoms with Crippen molar-refractivity contribution in [2.24, 2.45) is 0 Å². The van der Waals surface area contributed by atoms with E-state index in [0.29, 0.717) is 0 Å². The zero-order valence-electron chi connectivity index (χ0n) is 7.79. The number of hydrogen-bond acceptors (Lipinski definition) is 1. The van der Waals surface area contributed by atoms with Gasteiger partial charge in [0, 0.05) is 0 Å². The Morgan fingerprint density at radius 1 is 1.15 bits per heavy atom. The maximum atomic E-state index is 5.54. The average molecular weight is 173 g/mol. The Balaban J connectivity index is 2.08. The SMILES string of the molecule is CCCOC1=Cc2ccccc2[CH]1. The first-order valence-electron chi connectivity index (χ1n) is 4.68. The Morgan fingerprint density at radius 2 is 1.92 bits per heavy atom. The van der Waals surface area contributed by atoms with Gasteiger partial charge in [0.1, 0.15) is 5.76 Å². The molecule has 0 N–H and O–H groups in total. The van der Waals surface area contributed by atoms with Gasteiger partial charge in [0.25, 0.3) is 0 Å². The second-order valence-corrected chi connectivity index (χ2v) is 3.17. The average Bonchev–Trinajstić information content (AvgIpc) is 2.57. The highest BCUT2D eigenvalue weighted by Crippen LogP contribution is 2.26. The van der Waals surface area contributed by atoms with Crippen molar-refractivity contribution in [2.45, 2.75) is 13.3 Å². The van der Waals surface area contributed by atoms with Gasteiger partial charge in [-0.2, -0.15) is 0 Å². The van der Waals surface area contributed by atoms with Crippen LogP contribution in [-0.4, -0.2) is 6.61 Å². The Kier molecular flexibility index (Phi) is 2.35. The fourth-order valence-corrected chi connectivity index (χ4v) is 1.43. The number of allylic oxidation sites excluding steroid dienone is 1. The highest BCUT2D eigenvalue weighted by atomic mass is 16.5. The van der Waals surface area contributed by atoms with Crippen molar-refractivity contribution in [1.82, 2.24) is 0 Å². The van der Waals surface area contributed by atoms with Gasteiger partial charge in [-0.25, -0.2) is 0 Å². The molecule has 1 aromatic carbocycles. The molecule has 1 aliphatic rings. The fourth-order valence-electron chi connectivity index (χ4n) is 1.43. The lowest BCUT2D eigenvalue weighted by Crippen LogP contribution is -1.91. The molecule has 0 bridgehead atoms. The van der Waals surface area contributed by atoms with Gasteiger partial charge in [-0.15, -0.1) is 0 Å². The van der Waals surface area contributed by atoms with Crippen molar-refractivity contribution < 1.29 is 4.74 Å². The number of hydrogen-bond donors (Lipinski definition) is 0. The van der Waals surface area contributed by atoms with Crippen LogP contribution in [0, 0.1) is 6.42 Å². The number of rotatable bonds is 3. The van der Waals surface area contributed by atoms with Gasteiger partial charge < -0.3 is 4.74 Å². The van der Waals surface area contributed by atoms with Gasteiger partial charge in [-0.3, -0.25) is 0 Å². The Labute approximate surface area is 79.0 Å². The van der Waals surface area contributed by atoms with Crippen LogP contribution in [0.1, 0.15) is 24.5 Å². The van der Waals surface area contributed by atoms with Crippen LogP contribution in [0.3, 0.4) is 0 Å². The summed E-state index contributed by atoms with van der Waals surface area (Å²) in [6.45, 7) is 2.92. The lowest BCUT2D eigenvalue weighted by Gasteiger charge is -2.03. The number of fused-ring (bicyclic) bond motifs is 1. The molecule has 0 atom stereocenters. The van der Waals surface area contributed by atoms with Gasteiger partial charge in [0.05, 0.1) is 13.0 Å². The van der Waals surface area contributed by atoms with Gasteiger partial charge in [0.15, 0.2) is 0 Å². The molecule has 0 aromatic heterocycles. The van der Waals surface area contributed by atoms with E-state index in [1.54, 1.807) is 0 Å². The fraction of sp³-hybridized carbons (Fsp3) is 0.250. The van der Waals surface area contributed by atoms with Crippen molar-refractivity contribution in [3.63, 3.8) is 0 Å². The summed E-state index contributed by atoms with van der Waals surface area (Å²) in [5, 5.41) is 0. The highest BCUT2D eigenvalue weighted by Gasteiger charge is 2.12. The largest absolute Gasteiger partial charge is 0.497 e. The van der Waals surface area contributed by atoms with Crippen LogP contribution in [0.15, 0.2) is 30.0 Å². The van der Waals surface area contributed by atoms with E-state index < -0.39 is 0 Å². The summed E-state index contributed by atoms with van der Waals surface area (Å²) in [5.41, 5.74) is 2.52. The van der Waals surface area contributed by atoms with Gasteiger partial charge >= 0.3 is 0 Å². The topological polar surface area (TPSA) is 9.23 Å². The van der Waals surface area contributed by atoms with Gasteiger partial charge in [-0.05, 0) is 23.6 Å². The Morgan fingerprint density at radius 3 is 2.62 bits per heavy atom. The third-order valence-electron chi connectivity index (χ3n) is 2.06. The monoisotopic (exact) mass is 173 g/mol. The molecule has 0 aliphatic heterocycles. The first-order chi connectivity index (χ1) is 6.40. The third kappa shape index (κ3) is 1.74. The lowest BCUT2D eigenvalue weighted by atomic mass is 10.1. The molecule has 0 amide bonds. The maximum absolute atomic E-state index is 5.54. The highest BCUT2D eigenvalue weighted by molar-refractivity contribution is 5.67. The molecule has 1 aromatic rings. The number of ether oxygens (including phenoxy) is 1. The van der Waals surface area contributed by atoms with Crippen molar-refractivity contribution >= 4 is 6.08 Å². The first kappa shape index (κ1) is 8.36. The molecule has 13 heavy (non-hydrogen) atoms. The maximum Gasteiger partial charge on any atom is 0.105 e. The minimum Gasteiger partial charge on any atom is -0.497 e. The van der Waals surface area contributed by atoms with Crippen LogP contribution in [0.25, 0.3) is 6.08 Å². The van der Waals surface area contributed by atoms with Crippen molar-refractivity contribution in [2.75, 3.05) is 6.61 Å². The molecule has 0 fully saturated rings. The van der Waals surface area contributed by atoms with Gasteiger partial charge in [-0.1, -0.05) is 31.2 Å². The molecule has 1 heteroatoms. The van der Waals surface area contributed by atoms with Gasteiger partial charge in [0.2, 0.25) is 0 Å². The molecule has 0 heterocycles. The lowest BCUT2D eigenvalue weighted by molar-refractivity contribution is 0.224. The van der Waals surface area contributed by atoms with E-state index >= 15 is 0 Å². The number of benzene rings is 1. The summed E-state index contributed by atoms with van der Waals surface area (Å²) in [6, 6.07) is 8.31. The van der Waals surface area contributed by atoms with E-state index in [4.69, 9.17) is 4.74 Å². The quantitative estimate of drug-likeness (QED) is 0.682. The van der Waals surface area contributed by atoms with Crippen LogP contribution in [0.4, 0.5) is 0 Å². The molecule has 1 radical (unpaired) electrons. The molecule has 2 rings (SSSR count). The predicted octanol–water partition coefficient (Wildman–Crippen LogP) is 3.02. The van der Waals surface area contributed by atoms with E-state index in [2.05, 4.69) is 31.6 Å². The van der Waals surface area contributed by atoms with E-state index in [0.717, 1.165) is 18.8 Å². The summed E-state index contributed by atoms with van der Waals surface area (Å²) in [7, 11) is 0. The molecular weight excluding hydrogens is 160 g/mol. The Hall–Kier alpha value is -1.24. The first-order valence-corrected chi connectivity index (χ1v) is 4.68. The van der Waals surface area contributed by atoms with Crippen LogP contribution in [0.5, 0.6) is 0 Å². The van der Waals surface area contributed by atoms with Crippen LogP contribution >= 0.6 is 0 Å². The standard InChI is InChI=1S/C12H13O/c1-2-7-13-12-8-10-5-3-4-6-11(10)9-12/h3-6,8-9H,2,7H2,1H3. The summed E-state index contributed by atoms with van der Waals surface area (Å²) in [6.07, 6.45) is 5.23. The minimum atomic E-state index is 0.802. The molecule has 67 valence electrons. The third-order valence-corrected chi connectivity index (χ3v) is 2.06. The predicted molar refractivity (Wildman–Crippen MR) is 54.1 cm³/mol. The molecule has 0 unspecified atom stereocenters. The molecule has 0 saturated heterocycles. The molecule has 0 spiro atoms. The van der Waals surface area contributed by atoms with E-state index in [9.17, 15) is 0 Å². The molecule has 0 saturated carbocycles. The summed E-state index contributed by atoms with van der Waals surface area (Å²) < 4.78 is 5.54. The van der Waals surface area contributed by atoms with E-state index in [1.807, 2.05) is 12.1 Å². The normalized spacial score (nSPS) is 13.8. The molecule has 1 aliphatic carbocycles. The summed E-state index contributed by atoms with van der Waals surface area (Å²) in [4.78, 5) is 0. The van der Waals surface area contributed by atoms with Crippen molar-refractivity contribution in [1.29, 1.82) is 0 Å². The van der Waals surface area contributed by atoms with Crippen LogP contribution < -0.4 is 0 Å².